The van der Waals surface area contributed by atoms with E-state index >= 15 is 0 Å². The lowest BCUT2D eigenvalue weighted by Crippen LogP contribution is -2.59. The lowest BCUT2D eigenvalue weighted by atomic mass is 10.0. The topological polar surface area (TPSA) is 290 Å². The number of nitrogens with two attached hydrogens (primary N) is 4. The third-order valence-corrected chi connectivity index (χ3v) is 8.59. The Bertz CT molecular complexity index is 1410. The number of hydrogen-bond donors (Lipinski definition) is 9. The summed E-state index contributed by atoms with van der Waals surface area (Å²) in [5.74, 6) is -3.52. The highest BCUT2D eigenvalue weighted by molar-refractivity contribution is 5.97. The second-order valence-electron chi connectivity index (χ2n) is 14.2. The number of aliphatic imine (C=N–C) groups is 1. The van der Waals surface area contributed by atoms with Crippen molar-refractivity contribution >= 4 is 41.4 Å². The molecular formula is C35H58N10O7. The second kappa shape index (κ2) is 20.8. The molecule has 2 rings (SSSR count). The molecule has 1 aromatic carbocycles. The highest BCUT2D eigenvalue weighted by Crippen LogP contribution is 2.21. The van der Waals surface area contributed by atoms with E-state index in [9.17, 15) is 33.9 Å². The molecule has 0 aliphatic carbocycles. The van der Waals surface area contributed by atoms with Gasteiger partial charge in [0.05, 0.1) is 6.04 Å². The lowest BCUT2D eigenvalue weighted by molar-refractivity contribution is -0.142. The van der Waals surface area contributed by atoms with Crippen molar-refractivity contribution in [1.29, 1.82) is 0 Å². The number of phenolic OH excluding ortho intramolecular Hbond substituents is 1. The van der Waals surface area contributed by atoms with Crippen LogP contribution in [0.25, 0.3) is 0 Å². The van der Waals surface area contributed by atoms with Gasteiger partial charge in [-0.1, -0.05) is 39.8 Å². The number of phenols is 1. The number of amides is 6. The van der Waals surface area contributed by atoms with Gasteiger partial charge in [-0.3, -0.25) is 33.8 Å². The standard InChI is InChI=1S/C35H58N10O7/c1-19(2)16-24(36)31(49)41-21(5)30(48)44-27(18-22-10-12-23(46)13-11-22)34(52)45-15-7-9-28(45)33(51)42-25(8-6-14-40-35(38)39)32(50)43-26(29(37)47)17-20(3)4/h10-13,19-21,24-28,46H,6-9,14-18,36H2,1-5H3,(H2,37,47)(H,41,49)(H,42,51)(H,43,50)(H,44,48)(H4,38,39,40)/t21-,24+,25-,26+,27-,28-/m0/s1. The average Bonchev–Trinajstić information content (AvgIpc) is 3.55. The predicted octanol–water partition coefficient (Wildman–Crippen LogP) is -1.16. The highest BCUT2D eigenvalue weighted by Gasteiger charge is 2.39. The summed E-state index contributed by atoms with van der Waals surface area (Å²) in [4.78, 5) is 84.7. The molecule has 1 aliphatic rings. The SMILES string of the molecule is CC(C)C[C@@H](N)C(=O)N[C@@H](C)C(=O)N[C@@H](Cc1ccc(O)cc1)C(=O)N1CCC[C@H]1C(=O)N[C@@H](CCCN=C(N)N)C(=O)N[C@H](CC(C)C)C(N)=O. The van der Waals surface area contributed by atoms with Gasteiger partial charge in [0, 0.05) is 19.5 Å². The summed E-state index contributed by atoms with van der Waals surface area (Å²) in [6.45, 7) is 9.46. The van der Waals surface area contributed by atoms with Crippen molar-refractivity contribution in [3.8, 4) is 5.75 Å². The molecule has 6 atom stereocenters. The van der Waals surface area contributed by atoms with E-state index in [0.717, 1.165) is 0 Å². The molecule has 1 aliphatic heterocycles. The summed E-state index contributed by atoms with van der Waals surface area (Å²) >= 11 is 0. The summed E-state index contributed by atoms with van der Waals surface area (Å²) in [6, 6.07) is 0.0713. The third kappa shape index (κ3) is 14.4. The van der Waals surface area contributed by atoms with Crippen LogP contribution < -0.4 is 44.2 Å². The fourth-order valence-electron chi connectivity index (χ4n) is 5.90. The Morgan fingerprint density at radius 2 is 1.44 bits per heavy atom. The van der Waals surface area contributed by atoms with E-state index in [2.05, 4.69) is 26.3 Å². The van der Waals surface area contributed by atoms with Gasteiger partial charge in [0.1, 0.15) is 36.0 Å². The van der Waals surface area contributed by atoms with Crippen LogP contribution in [0.4, 0.5) is 0 Å². The number of likely N-dealkylation sites (tertiary alicyclic amines) is 1. The zero-order chi connectivity index (χ0) is 39.1. The summed E-state index contributed by atoms with van der Waals surface area (Å²) < 4.78 is 0. The van der Waals surface area contributed by atoms with Crippen molar-refractivity contribution in [1.82, 2.24) is 26.2 Å². The Kier molecular flexibility index (Phi) is 17.3. The van der Waals surface area contributed by atoms with Gasteiger partial charge in [-0.25, -0.2) is 0 Å². The number of aromatic hydroxyl groups is 1. The van der Waals surface area contributed by atoms with E-state index in [1.165, 1.54) is 24.0 Å². The number of primary amides is 1. The average molecular weight is 731 g/mol. The first-order chi connectivity index (χ1) is 24.4. The summed E-state index contributed by atoms with van der Waals surface area (Å²) in [5, 5.41) is 20.5. The van der Waals surface area contributed by atoms with Gasteiger partial charge >= 0.3 is 0 Å². The molecule has 52 heavy (non-hydrogen) atoms. The fourth-order valence-corrected chi connectivity index (χ4v) is 5.90. The molecule has 1 aromatic rings. The first kappa shape index (κ1) is 43.2. The van der Waals surface area contributed by atoms with E-state index < -0.39 is 71.7 Å². The number of nitrogens with one attached hydrogen (secondary N) is 4. The van der Waals surface area contributed by atoms with Crippen LogP contribution in [0, 0.1) is 11.8 Å². The van der Waals surface area contributed by atoms with Crippen molar-refractivity contribution in [2.24, 2.45) is 39.8 Å². The number of guanidine groups is 1. The van der Waals surface area contributed by atoms with Crippen molar-refractivity contribution in [2.75, 3.05) is 13.1 Å². The van der Waals surface area contributed by atoms with E-state index in [-0.39, 0.29) is 55.9 Å². The Morgan fingerprint density at radius 1 is 0.827 bits per heavy atom. The molecule has 0 saturated carbocycles. The molecule has 1 fully saturated rings. The fraction of sp³-hybridized carbons (Fsp3) is 0.629. The minimum Gasteiger partial charge on any atom is -0.508 e. The number of benzene rings is 1. The maximum Gasteiger partial charge on any atom is 0.246 e. The number of carbonyl (C=O) groups is 6. The first-order valence-electron chi connectivity index (χ1n) is 17.8. The van der Waals surface area contributed by atoms with Crippen LogP contribution in [0.3, 0.4) is 0 Å². The van der Waals surface area contributed by atoms with E-state index in [1.54, 1.807) is 12.1 Å². The predicted molar refractivity (Wildman–Crippen MR) is 196 cm³/mol. The van der Waals surface area contributed by atoms with Crippen molar-refractivity contribution < 1.29 is 33.9 Å². The Labute approximate surface area is 305 Å². The Hall–Kier alpha value is -4.93. The van der Waals surface area contributed by atoms with Crippen molar-refractivity contribution in [3.05, 3.63) is 29.8 Å². The third-order valence-electron chi connectivity index (χ3n) is 8.59. The van der Waals surface area contributed by atoms with Crippen LogP contribution >= 0.6 is 0 Å². The molecule has 6 amide bonds. The maximum absolute atomic E-state index is 14.2. The normalized spacial score (nSPS) is 17.0. The van der Waals surface area contributed by atoms with Crippen LogP contribution in [-0.4, -0.2) is 101 Å². The molecule has 13 N–H and O–H groups in total. The smallest absolute Gasteiger partial charge is 0.246 e. The molecule has 1 heterocycles. The summed E-state index contributed by atoms with van der Waals surface area (Å²) in [7, 11) is 0. The van der Waals surface area contributed by atoms with Gasteiger partial charge in [0.15, 0.2) is 5.96 Å². The van der Waals surface area contributed by atoms with Crippen LogP contribution in [0.5, 0.6) is 5.75 Å². The van der Waals surface area contributed by atoms with Gasteiger partial charge < -0.3 is 54.2 Å². The molecule has 17 nitrogen and oxygen atoms in total. The number of nitrogens with zero attached hydrogens (tertiary/aromatic N) is 2. The number of hydrogen-bond acceptors (Lipinski definition) is 9. The zero-order valence-electron chi connectivity index (χ0n) is 30.9. The molecule has 0 aromatic heterocycles. The van der Waals surface area contributed by atoms with Crippen molar-refractivity contribution in [3.63, 3.8) is 0 Å². The Balaban J connectivity index is 2.30. The molecular weight excluding hydrogens is 672 g/mol. The van der Waals surface area contributed by atoms with Crippen LogP contribution in [0.2, 0.25) is 0 Å². The van der Waals surface area contributed by atoms with E-state index in [0.29, 0.717) is 31.2 Å². The maximum atomic E-state index is 14.2. The molecule has 1 saturated heterocycles. The van der Waals surface area contributed by atoms with Gasteiger partial charge in [-0.15, -0.1) is 0 Å². The molecule has 0 spiro atoms. The minimum atomic E-state index is -1.15. The minimum absolute atomic E-state index is 0.0173. The first-order valence-corrected chi connectivity index (χ1v) is 17.8. The Morgan fingerprint density at radius 3 is 2.02 bits per heavy atom. The second-order valence-corrected chi connectivity index (χ2v) is 14.2. The van der Waals surface area contributed by atoms with Gasteiger partial charge in [-0.2, -0.15) is 0 Å². The van der Waals surface area contributed by atoms with E-state index in [4.69, 9.17) is 22.9 Å². The molecule has 0 unspecified atom stereocenters. The van der Waals surface area contributed by atoms with E-state index in [1.807, 2.05) is 27.7 Å². The zero-order valence-corrected chi connectivity index (χ0v) is 30.9. The lowest BCUT2D eigenvalue weighted by Gasteiger charge is -2.31. The van der Waals surface area contributed by atoms with Crippen molar-refractivity contribution in [2.45, 2.75) is 116 Å². The monoisotopic (exact) mass is 730 g/mol. The van der Waals surface area contributed by atoms with Gasteiger partial charge in [0.25, 0.3) is 0 Å². The van der Waals surface area contributed by atoms with Crippen LogP contribution in [-0.2, 0) is 35.2 Å². The highest BCUT2D eigenvalue weighted by atomic mass is 16.3. The molecule has 0 radical (unpaired) electrons. The summed E-state index contributed by atoms with van der Waals surface area (Å²) in [5.41, 5.74) is 23.0. The number of carbonyl (C=O) groups excluding carboxylic acids is 6. The molecule has 17 heteroatoms. The van der Waals surface area contributed by atoms with Gasteiger partial charge in [0.2, 0.25) is 35.4 Å². The largest absolute Gasteiger partial charge is 0.508 e. The van der Waals surface area contributed by atoms with Crippen LogP contribution in [0.1, 0.15) is 78.7 Å². The summed E-state index contributed by atoms with van der Waals surface area (Å²) in [6.07, 6.45) is 1.92. The molecule has 0 bridgehead atoms. The molecule has 290 valence electrons. The number of rotatable bonds is 20. The van der Waals surface area contributed by atoms with Crippen LogP contribution in [0.15, 0.2) is 29.3 Å². The quantitative estimate of drug-likeness (QED) is 0.0441. The van der Waals surface area contributed by atoms with Gasteiger partial charge in [-0.05, 0) is 75.0 Å².